The second-order valence-corrected chi connectivity index (χ2v) is 6.10. The Kier molecular flexibility index (Phi) is 2.87. The first-order chi connectivity index (χ1) is 10.3. The van der Waals surface area contributed by atoms with E-state index in [1.807, 2.05) is 22.9 Å². The Morgan fingerprint density at radius 2 is 1.95 bits per heavy atom. The molecule has 0 radical (unpaired) electrons. The fraction of sp³-hybridized carbons (Fsp3) is 0. The average molecular weight is 312 g/mol. The standard InChI is InChI=1S/C14H8N4OS2/c19-13-10-8(9-3-1-6-20-9)7-21-14(10)18-12(17-13)11-15-4-2-5-16-11/h1-7H,(H,17,18,19). The lowest BCUT2D eigenvalue weighted by Gasteiger charge is -1.99. The first-order valence-electron chi connectivity index (χ1n) is 6.16. The molecule has 0 saturated carbocycles. The van der Waals surface area contributed by atoms with Crippen molar-refractivity contribution < 1.29 is 0 Å². The van der Waals surface area contributed by atoms with Crippen LogP contribution in [-0.2, 0) is 0 Å². The number of thiophene rings is 2. The van der Waals surface area contributed by atoms with Crippen LogP contribution in [0.3, 0.4) is 0 Å². The lowest BCUT2D eigenvalue weighted by atomic mass is 10.2. The predicted molar refractivity (Wildman–Crippen MR) is 84.6 cm³/mol. The highest BCUT2D eigenvalue weighted by molar-refractivity contribution is 7.18. The maximum atomic E-state index is 12.4. The van der Waals surface area contributed by atoms with Crippen LogP contribution in [-0.4, -0.2) is 19.9 Å². The van der Waals surface area contributed by atoms with Gasteiger partial charge in [-0.1, -0.05) is 6.07 Å². The molecule has 0 unspecified atom stereocenters. The molecule has 0 amide bonds. The second-order valence-electron chi connectivity index (χ2n) is 4.29. The highest BCUT2D eigenvalue weighted by atomic mass is 32.1. The molecule has 7 heteroatoms. The number of hydrogen-bond donors (Lipinski definition) is 1. The van der Waals surface area contributed by atoms with E-state index in [-0.39, 0.29) is 5.56 Å². The van der Waals surface area contributed by atoms with Crippen molar-refractivity contribution >= 4 is 32.9 Å². The van der Waals surface area contributed by atoms with Gasteiger partial charge in [-0.15, -0.1) is 22.7 Å². The van der Waals surface area contributed by atoms with Crippen LogP contribution >= 0.6 is 22.7 Å². The molecule has 21 heavy (non-hydrogen) atoms. The summed E-state index contributed by atoms with van der Waals surface area (Å²) in [5.74, 6) is 0.815. The minimum Gasteiger partial charge on any atom is -0.303 e. The van der Waals surface area contributed by atoms with Gasteiger partial charge in [0.2, 0.25) is 0 Å². The lowest BCUT2D eigenvalue weighted by Crippen LogP contribution is -2.09. The van der Waals surface area contributed by atoms with Crippen LogP contribution in [0.15, 0.2) is 46.1 Å². The molecule has 102 valence electrons. The average Bonchev–Trinajstić information content (AvgIpc) is 3.17. The minimum atomic E-state index is -0.160. The molecule has 0 fully saturated rings. The summed E-state index contributed by atoms with van der Waals surface area (Å²) < 4.78 is 0. The molecule has 0 aromatic carbocycles. The summed E-state index contributed by atoms with van der Waals surface area (Å²) in [6.45, 7) is 0. The fourth-order valence-corrected chi connectivity index (χ4v) is 3.85. The molecule has 0 aliphatic heterocycles. The highest BCUT2D eigenvalue weighted by Gasteiger charge is 2.14. The molecule has 4 heterocycles. The summed E-state index contributed by atoms with van der Waals surface area (Å²) >= 11 is 3.06. The third-order valence-electron chi connectivity index (χ3n) is 3.01. The van der Waals surface area contributed by atoms with Crippen molar-refractivity contribution in [3.8, 4) is 22.1 Å². The number of H-pyrrole nitrogens is 1. The smallest absolute Gasteiger partial charge is 0.260 e. The predicted octanol–water partition coefficient (Wildman–Crippen LogP) is 3.17. The van der Waals surface area contributed by atoms with Gasteiger partial charge in [0.1, 0.15) is 4.83 Å². The normalized spacial score (nSPS) is 11.0. The van der Waals surface area contributed by atoms with Gasteiger partial charge in [0.25, 0.3) is 5.56 Å². The summed E-state index contributed by atoms with van der Waals surface area (Å²) in [7, 11) is 0. The van der Waals surface area contributed by atoms with Crippen LogP contribution in [0.5, 0.6) is 0 Å². The van der Waals surface area contributed by atoms with E-state index in [1.54, 1.807) is 29.8 Å². The number of hydrogen-bond acceptors (Lipinski definition) is 6. The summed E-state index contributed by atoms with van der Waals surface area (Å²) in [4.78, 5) is 29.7. The molecule has 0 saturated heterocycles. The van der Waals surface area contributed by atoms with Crippen LogP contribution in [0.25, 0.3) is 32.3 Å². The third kappa shape index (κ3) is 2.07. The van der Waals surface area contributed by atoms with Gasteiger partial charge in [-0.3, -0.25) is 4.79 Å². The Bertz CT molecular complexity index is 958. The van der Waals surface area contributed by atoms with Crippen LogP contribution in [0.1, 0.15) is 0 Å². The Labute approximate surface area is 127 Å². The fourth-order valence-electron chi connectivity index (χ4n) is 2.09. The van der Waals surface area contributed by atoms with E-state index in [2.05, 4.69) is 19.9 Å². The number of nitrogens with zero attached hydrogens (tertiary/aromatic N) is 3. The van der Waals surface area contributed by atoms with Crippen molar-refractivity contribution in [3.05, 3.63) is 51.7 Å². The largest absolute Gasteiger partial charge is 0.303 e. The lowest BCUT2D eigenvalue weighted by molar-refractivity contribution is 1.09. The number of fused-ring (bicyclic) bond motifs is 1. The van der Waals surface area contributed by atoms with E-state index in [0.717, 1.165) is 10.4 Å². The summed E-state index contributed by atoms with van der Waals surface area (Å²) in [5, 5.41) is 4.59. The minimum absolute atomic E-state index is 0.160. The molecule has 4 rings (SSSR count). The van der Waals surface area contributed by atoms with E-state index in [0.29, 0.717) is 21.9 Å². The van der Waals surface area contributed by atoms with Gasteiger partial charge in [-0.05, 0) is 17.5 Å². The maximum Gasteiger partial charge on any atom is 0.260 e. The topological polar surface area (TPSA) is 71.5 Å². The highest BCUT2D eigenvalue weighted by Crippen LogP contribution is 2.33. The molecule has 4 aromatic rings. The van der Waals surface area contributed by atoms with E-state index < -0.39 is 0 Å². The first kappa shape index (κ1) is 12.4. The van der Waals surface area contributed by atoms with Gasteiger partial charge in [0.15, 0.2) is 11.6 Å². The van der Waals surface area contributed by atoms with Crippen molar-refractivity contribution in [2.75, 3.05) is 0 Å². The molecule has 0 bridgehead atoms. The van der Waals surface area contributed by atoms with E-state index in [9.17, 15) is 4.79 Å². The summed E-state index contributed by atoms with van der Waals surface area (Å²) in [5.41, 5.74) is 0.770. The Balaban J connectivity index is 1.96. The van der Waals surface area contributed by atoms with Gasteiger partial charge < -0.3 is 4.98 Å². The maximum absolute atomic E-state index is 12.4. The molecule has 4 aromatic heterocycles. The van der Waals surface area contributed by atoms with Gasteiger partial charge in [0, 0.05) is 28.2 Å². The van der Waals surface area contributed by atoms with Crippen LogP contribution in [0.2, 0.25) is 0 Å². The van der Waals surface area contributed by atoms with Gasteiger partial charge in [-0.2, -0.15) is 0 Å². The molecule has 0 spiro atoms. The Hall–Kier alpha value is -2.38. The van der Waals surface area contributed by atoms with Crippen LogP contribution < -0.4 is 5.56 Å². The summed E-state index contributed by atoms with van der Waals surface area (Å²) in [6, 6.07) is 5.69. The van der Waals surface area contributed by atoms with Gasteiger partial charge >= 0.3 is 0 Å². The SMILES string of the molecule is O=c1[nH]c(-c2ncccn2)nc2scc(-c3cccs3)c12. The zero-order chi connectivity index (χ0) is 14.2. The van der Waals surface area contributed by atoms with E-state index >= 15 is 0 Å². The zero-order valence-electron chi connectivity index (χ0n) is 10.6. The Morgan fingerprint density at radius 1 is 1.10 bits per heavy atom. The van der Waals surface area contributed by atoms with Crippen LogP contribution in [0, 0.1) is 0 Å². The number of nitrogens with one attached hydrogen (secondary N) is 1. The first-order valence-corrected chi connectivity index (χ1v) is 7.91. The monoisotopic (exact) mass is 312 g/mol. The zero-order valence-corrected chi connectivity index (χ0v) is 12.2. The quantitative estimate of drug-likeness (QED) is 0.617. The molecule has 0 aliphatic rings. The molecule has 0 aliphatic carbocycles. The molecular formula is C14H8N4OS2. The van der Waals surface area contributed by atoms with Crippen molar-refractivity contribution in [1.29, 1.82) is 0 Å². The number of aromatic nitrogens is 4. The van der Waals surface area contributed by atoms with Crippen molar-refractivity contribution in [1.82, 2.24) is 19.9 Å². The Morgan fingerprint density at radius 3 is 2.71 bits per heavy atom. The van der Waals surface area contributed by atoms with E-state index in [1.165, 1.54) is 11.3 Å². The van der Waals surface area contributed by atoms with Crippen molar-refractivity contribution in [3.63, 3.8) is 0 Å². The molecule has 0 atom stereocenters. The third-order valence-corrected chi connectivity index (χ3v) is 4.78. The van der Waals surface area contributed by atoms with Gasteiger partial charge in [-0.25, -0.2) is 15.0 Å². The molecule has 1 N–H and O–H groups in total. The number of rotatable bonds is 2. The van der Waals surface area contributed by atoms with Gasteiger partial charge in [0.05, 0.1) is 5.39 Å². The summed E-state index contributed by atoms with van der Waals surface area (Å²) in [6.07, 6.45) is 3.25. The van der Waals surface area contributed by atoms with Crippen molar-refractivity contribution in [2.45, 2.75) is 0 Å². The molecular weight excluding hydrogens is 304 g/mol. The van der Waals surface area contributed by atoms with Crippen molar-refractivity contribution in [2.24, 2.45) is 0 Å². The molecule has 5 nitrogen and oxygen atoms in total. The number of aromatic amines is 1. The van der Waals surface area contributed by atoms with Crippen LogP contribution in [0.4, 0.5) is 0 Å². The second kappa shape index (κ2) is 4.87. The van der Waals surface area contributed by atoms with E-state index in [4.69, 9.17) is 0 Å².